The molecule has 0 saturated heterocycles. The number of thioether (sulfide) groups is 1. The molecule has 0 radical (unpaired) electrons. The van der Waals surface area contributed by atoms with Gasteiger partial charge in [-0.15, -0.1) is 21.5 Å². The number of aryl methyl sites for hydroxylation is 2. The van der Waals surface area contributed by atoms with E-state index in [2.05, 4.69) is 34.6 Å². The highest BCUT2D eigenvalue weighted by atomic mass is 32.2. The molecule has 1 aromatic carbocycles. The predicted molar refractivity (Wildman–Crippen MR) is 132 cm³/mol. The Morgan fingerprint density at radius 3 is 2.94 bits per heavy atom. The number of nitrogens with zero attached hydrogens (tertiary/aromatic N) is 3. The largest absolute Gasteiger partial charge is 0.462 e. The van der Waals surface area contributed by atoms with Gasteiger partial charge in [-0.3, -0.25) is 9.20 Å². The van der Waals surface area contributed by atoms with Crippen LogP contribution in [0.1, 0.15) is 46.1 Å². The molecule has 1 aliphatic carbocycles. The van der Waals surface area contributed by atoms with Crippen LogP contribution < -0.4 is 5.32 Å². The van der Waals surface area contributed by atoms with Gasteiger partial charge in [0.1, 0.15) is 5.00 Å². The molecule has 0 atom stereocenters. The molecular weight excluding hydrogens is 456 g/mol. The second kappa shape index (κ2) is 9.15. The van der Waals surface area contributed by atoms with Gasteiger partial charge in [-0.05, 0) is 56.4 Å². The Labute approximate surface area is 199 Å². The number of benzene rings is 1. The Bertz CT molecular complexity index is 1380. The highest BCUT2D eigenvalue weighted by molar-refractivity contribution is 7.99. The Hall–Kier alpha value is -2.91. The zero-order valence-electron chi connectivity index (χ0n) is 18.5. The van der Waals surface area contributed by atoms with E-state index >= 15 is 0 Å². The normalized spacial score (nSPS) is 12.9. The molecule has 0 fully saturated rings. The molecule has 0 saturated carbocycles. The number of fused-ring (bicyclic) bond motifs is 4. The van der Waals surface area contributed by atoms with Gasteiger partial charge in [0.05, 0.1) is 17.7 Å². The van der Waals surface area contributed by atoms with E-state index < -0.39 is 0 Å². The van der Waals surface area contributed by atoms with Crippen molar-refractivity contribution in [1.29, 1.82) is 0 Å². The fourth-order valence-electron chi connectivity index (χ4n) is 4.30. The molecule has 0 unspecified atom stereocenters. The van der Waals surface area contributed by atoms with Crippen LogP contribution in [0.3, 0.4) is 0 Å². The van der Waals surface area contributed by atoms with Crippen molar-refractivity contribution >= 4 is 56.5 Å². The number of esters is 1. The molecule has 9 heteroatoms. The lowest BCUT2D eigenvalue weighted by Crippen LogP contribution is -2.15. The number of thiophene rings is 1. The van der Waals surface area contributed by atoms with Crippen LogP contribution in [0.15, 0.2) is 35.5 Å². The second-order valence-electron chi connectivity index (χ2n) is 7.95. The van der Waals surface area contributed by atoms with Crippen LogP contribution in [0.4, 0.5) is 5.00 Å². The molecule has 3 aromatic heterocycles. The first kappa shape index (κ1) is 21.9. The smallest absolute Gasteiger partial charge is 0.341 e. The quantitative estimate of drug-likeness (QED) is 0.295. The molecule has 1 N–H and O–H groups in total. The first-order valence-electron chi connectivity index (χ1n) is 11.0. The number of hydrogen-bond donors (Lipinski definition) is 1. The average molecular weight is 481 g/mol. The fraction of sp³-hybridized carbons (Fsp3) is 0.333. The molecule has 5 rings (SSSR count). The maximum Gasteiger partial charge on any atom is 0.341 e. The van der Waals surface area contributed by atoms with Gasteiger partial charge in [-0.1, -0.05) is 30.0 Å². The van der Waals surface area contributed by atoms with E-state index in [1.807, 2.05) is 22.6 Å². The van der Waals surface area contributed by atoms with Crippen molar-refractivity contribution in [2.45, 2.75) is 44.7 Å². The maximum absolute atomic E-state index is 12.7. The third-order valence-electron chi connectivity index (χ3n) is 5.79. The SMILES string of the molecule is CCOC(=O)c1c(NC(=O)CCSc2nnc3cc(C)c4ccccc4n23)sc2c1CCC2. The Morgan fingerprint density at radius 2 is 2.09 bits per heavy atom. The number of carbonyl (C=O) groups is 2. The van der Waals surface area contributed by atoms with Gasteiger partial charge in [0.25, 0.3) is 0 Å². The van der Waals surface area contributed by atoms with E-state index in [1.165, 1.54) is 28.0 Å². The van der Waals surface area contributed by atoms with Crippen LogP contribution in [-0.2, 0) is 22.4 Å². The number of anilines is 1. The molecule has 1 aliphatic rings. The van der Waals surface area contributed by atoms with E-state index in [0.29, 0.717) is 29.3 Å². The lowest BCUT2D eigenvalue weighted by molar-refractivity contribution is -0.115. The van der Waals surface area contributed by atoms with Crippen molar-refractivity contribution in [3.8, 4) is 0 Å². The van der Waals surface area contributed by atoms with Crippen LogP contribution in [0, 0.1) is 6.92 Å². The average Bonchev–Trinajstić information content (AvgIpc) is 3.49. The van der Waals surface area contributed by atoms with Crippen LogP contribution in [0.5, 0.6) is 0 Å². The third-order valence-corrected chi connectivity index (χ3v) is 7.93. The van der Waals surface area contributed by atoms with Gasteiger partial charge in [-0.2, -0.15) is 0 Å². The zero-order chi connectivity index (χ0) is 22.9. The van der Waals surface area contributed by atoms with E-state index in [4.69, 9.17) is 4.74 Å². The van der Waals surface area contributed by atoms with Crippen molar-refractivity contribution in [3.63, 3.8) is 0 Å². The summed E-state index contributed by atoms with van der Waals surface area (Å²) in [5.74, 6) is 0.0791. The summed E-state index contributed by atoms with van der Waals surface area (Å²) in [6.07, 6.45) is 3.15. The molecule has 7 nitrogen and oxygen atoms in total. The molecule has 3 heterocycles. The van der Waals surface area contributed by atoms with Gasteiger partial charge in [0, 0.05) is 22.4 Å². The van der Waals surface area contributed by atoms with Gasteiger partial charge in [-0.25, -0.2) is 4.79 Å². The zero-order valence-corrected chi connectivity index (χ0v) is 20.1. The Morgan fingerprint density at radius 1 is 1.24 bits per heavy atom. The monoisotopic (exact) mass is 480 g/mol. The summed E-state index contributed by atoms with van der Waals surface area (Å²) < 4.78 is 7.28. The molecule has 4 aromatic rings. The van der Waals surface area contributed by atoms with Crippen LogP contribution in [0.25, 0.3) is 16.6 Å². The molecular formula is C24H24N4O3S2. The summed E-state index contributed by atoms with van der Waals surface area (Å²) in [4.78, 5) is 26.4. The second-order valence-corrected chi connectivity index (χ2v) is 10.1. The maximum atomic E-state index is 12.7. The molecule has 170 valence electrons. The van der Waals surface area contributed by atoms with Gasteiger partial charge in [0.2, 0.25) is 5.91 Å². The van der Waals surface area contributed by atoms with Gasteiger partial charge < -0.3 is 10.1 Å². The number of ether oxygens (including phenoxy) is 1. The van der Waals surface area contributed by atoms with E-state index in [1.54, 1.807) is 6.92 Å². The van der Waals surface area contributed by atoms with E-state index in [0.717, 1.165) is 52.1 Å². The van der Waals surface area contributed by atoms with Crippen molar-refractivity contribution < 1.29 is 14.3 Å². The summed E-state index contributed by atoms with van der Waals surface area (Å²) in [6, 6.07) is 10.2. The lowest BCUT2D eigenvalue weighted by Gasteiger charge is -2.08. The molecule has 0 aliphatic heterocycles. The number of para-hydroxylation sites is 1. The first-order chi connectivity index (χ1) is 16.1. The minimum absolute atomic E-state index is 0.123. The van der Waals surface area contributed by atoms with Crippen LogP contribution in [0.2, 0.25) is 0 Å². The molecule has 0 bridgehead atoms. The van der Waals surface area contributed by atoms with Crippen LogP contribution >= 0.6 is 23.1 Å². The van der Waals surface area contributed by atoms with E-state index in [9.17, 15) is 9.59 Å². The lowest BCUT2D eigenvalue weighted by atomic mass is 10.1. The number of nitrogens with one attached hydrogen (secondary N) is 1. The number of aromatic nitrogens is 3. The van der Waals surface area contributed by atoms with Gasteiger partial charge in [0.15, 0.2) is 10.8 Å². The van der Waals surface area contributed by atoms with Crippen molar-refractivity contribution in [2.24, 2.45) is 0 Å². The summed E-state index contributed by atoms with van der Waals surface area (Å²) >= 11 is 3.00. The Kier molecular flexibility index (Phi) is 6.07. The number of hydrogen-bond acceptors (Lipinski definition) is 7. The first-order valence-corrected chi connectivity index (χ1v) is 12.8. The van der Waals surface area contributed by atoms with Crippen molar-refractivity contribution in [3.05, 3.63) is 51.9 Å². The van der Waals surface area contributed by atoms with Crippen molar-refractivity contribution in [1.82, 2.24) is 14.6 Å². The highest BCUT2D eigenvalue weighted by Gasteiger charge is 2.28. The van der Waals surface area contributed by atoms with E-state index in [-0.39, 0.29) is 11.9 Å². The third kappa shape index (κ3) is 4.11. The van der Waals surface area contributed by atoms with Crippen molar-refractivity contribution in [2.75, 3.05) is 17.7 Å². The van der Waals surface area contributed by atoms with Gasteiger partial charge >= 0.3 is 5.97 Å². The molecule has 33 heavy (non-hydrogen) atoms. The number of rotatable bonds is 7. The number of amides is 1. The minimum atomic E-state index is -0.348. The van der Waals surface area contributed by atoms with Crippen LogP contribution in [-0.4, -0.2) is 38.8 Å². The predicted octanol–water partition coefficient (Wildman–Crippen LogP) is 5.04. The standard InChI is InChI=1S/C24H24N4O3S2/c1-3-31-23(30)21-16-8-6-10-18(16)33-22(21)25-20(29)11-12-32-24-27-26-19-13-14(2)15-7-4-5-9-17(15)28(19)24/h4-5,7,9,13H,3,6,8,10-12H2,1-2H3,(H,25,29). The Balaban J connectivity index is 1.29. The summed E-state index contributed by atoms with van der Waals surface area (Å²) in [5.41, 5.74) is 4.59. The number of carbonyl (C=O) groups excluding carboxylic acids is 2. The summed E-state index contributed by atoms with van der Waals surface area (Å²) in [6.45, 7) is 4.17. The summed E-state index contributed by atoms with van der Waals surface area (Å²) in [5, 5.41) is 14.1. The topological polar surface area (TPSA) is 85.6 Å². The highest BCUT2D eigenvalue weighted by Crippen LogP contribution is 2.39. The summed E-state index contributed by atoms with van der Waals surface area (Å²) in [7, 11) is 0. The number of pyridine rings is 1. The molecule has 0 spiro atoms. The fourth-order valence-corrected chi connectivity index (χ4v) is 6.49. The minimum Gasteiger partial charge on any atom is -0.462 e. The molecule has 1 amide bonds.